The third kappa shape index (κ3) is 1.77. The van der Waals surface area contributed by atoms with E-state index in [-0.39, 0.29) is 6.04 Å². The zero-order chi connectivity index (χ0) is 10.3. The van der Waals surface area contributed by atoms with E-state index in [9.17, 15) is 13.2 Å². The van der Waals surface area contributed by atoms with Crippen molar-refractivity contribution < 1.29 is 17.6 Å². The van der Waals surface area contributed by atoms with Crippen LogP contribution in [0.2, 0.25) is 0 Å². The Morgan fingerprint density at radius 3 is 2.50 bits per heavy atom. The van der Waals surface area contributed by atoms with Gasteiger partial charge in [-0.25, -0.2) is 0 Å². The summed E-state index contributed by atoms with van der Waals surface area (Å²) in [5.41, 5.74) is 6.17. The van der Waals surface area contributed by atoms with Gasteiger partial charge in [-0.2, -0.15) is 13.2 Å². The fourth-order valence-electron chi connectivity index (χ4n) is 1.40. The van der Waals surface area contributed by atoms with Crippen LogP contribution in [0.25, 0.3) is 0 Å². The van der Waals surface area contributed by atoms with E-state index < -0.39 is 11.9 Å². The summed E-state index contributed by atoms with van der Waals surface area (Å²) < 4.78 is 40.9. The van der Waals surface area contributed by atoms with Gasteiger partial charge in [0.15, 0.2) is 0 Å². The predicted octanol–water partition coefficient (Wildman–Crippen LogP) is 2.71. The largest absolute Gasteiger partial charge is 0.459 e. The highest BCUT2D eigenvalue weighted by Gasteiger charge is 2.37. The third-order valence-electron chi connectivity index (χ3n) is 2.41. The van der Waals surface area contributed by atoms with Crippen LogP contribution in [0.15, 0.2) is 16.7 Å². The van der Waals surface area contributed by atoms with Crippen molar-refractivity contribution in [3.63, 3.8) is 0 Å². The molecule has 78 valence electrons. The average molecular weight is 205 g/mol. The fraction of sp³-hybridized carbons (Fsp3) is 0.556. The second-order valence-corrected chi connectivity index (χ2v) is 3.61. The Labute approximate surface area is 78.9 Å². The van der Waals surface area contributed by atoms with E-state index in [4.69, 9.17) is 5.73 Å². The number of hydrogen-bond acceptors (Lipinski definition) is 2. The number of furan rings is 1. The molecular weight excluding hydrogens is 195 g/mol. The minimum atomic E-state index is -4.42. The Morgan fingerprint density at radius 2 is 2.07 bits per heavy atom. The van der Waals surface area contributed by atoms with Crippen molar-refractivity contribution in [1.82, 2.24) is 0 Å². The van der Waals surface area contributed by atoms with E-state index >= 15 is 0 Å². The zero-order valence-corrected chi connectivity index (χ0v) is 7.34. The Kier molecular flexibility index (Phi) is 2.06. The highest BCUT2D eigenvalue weighted by molar-refractivity contribution is 5.20. The first-order valence-electron chi connectivity index (χ1n) is 4.39. The van der Waals surface area contributed by atoms with Crippen molar-refractivity contribution in [1.29, 1.82) is 0 Å². The number of rotatable bonds is 2. The molecule has 1 atom stereocenters. The zero-order valence-electron chi connectivity index (χ0n) is 7.34. The molecule has 1 aromatic heterocycles. The lowest BCUT2D eigenvalue weighted by Crippen LogP contribution is -2.11. The molecule has 14 heavy (non-hydrogen) atoms. The first kappa shape index (κ1) is 9.58. The minimum absolute atomic E-state index is 0.310. The van der Waals surface area contributed by atoms with Crippen LogP contribution in [-0.2, 0) is 6.18 Å². The first-order valence-corrected chi connectivity index (χ1v) is 4.39. The van der Waals surface area contributed by atoms with Gasteiger partial charge in [-0.05, 0) is 24.8 Å². The maximum atomic E-state index is 12.1. The molecule has 2 nitrogen and oxygen atoms in total. The summed E-state index contributed by atoms with van der Waals surface area (Å²) in [6.07, 6.45) is -1.32. The van der Waals surface area contributed by atoms with Gasteiger partial charge in [-0.15, -0.1) is 0 Å². The van der Waals surface area contributed by atoms with E-state index in [2.05, 4.69) is 4.42 Å². The van der Waals surface area contributed by atoms with Gasteiger partial charge in [-0.3, -0.25) is 0 Å². The van der Waals surface area contributed by atoms with E-state index in [0.29, 0.717) is 11.5 Å². The molecule has 0 aromatic carbocycles. The molecule has 0 radical (unpaired) electrons. The number of halogens is 3. The molecule has 0 amide bonds. The molecule has 0 bridgehead atoms. The molecule has 0 unspecified atom stereocenters. The summed E-state index contributed by atoms with van der Waals surface area (Å²) in [6, 6.07) is 0.679. The van der Waals surface area contributed by atoms with E-state index in [1.807, 2.05) is 0 Å². The van der Waals surface area contributed by atoms with Crippen molar-refractivity contribution in [3.05, 3.63) is 23.7 Å². The highest BCUT2D eigenvalue weighted by Crippen LogP contribution is 2.41. The molecule has 1 aliphatic carbocycles. The van der Waals surface area contributed by atoms with Gasteiger partial charge in [-0.1, -0.05) is 0 Å². The minimum Gasteiger partial charge on any atom is -0.459 e. The van der Waals surface area contributed by atoms with Crippen molar-refractivity contribution in [2.75, 3.05) is 0 Å². The fourth-order valence-corrected chi connectivity index (χ4v) is 1.40. The molecule has 0 spiro atoms. The van der Waals surface area contributed by atoms with Crippen LogP contribution in [0.4, 0.5) is 13.2 Å². The van der Waals surface area contributed by atoms with Crippen molar-refractivity contribution >= 4 is 0 Å². The molecule has 5 heteroatoms. The van der Waals surface area contributed by atoms with Crippen LogP contribution in [-0.4, -0.2) is 0 Å². The van der Waals surface area contributed by atoms with Crippen LogP contribution in [0.1, 0.15) is 30.2 Å². The number of alkyl halides is 3. The Hall–Kier alpha value is -0.970. The van der Waals surface area contributed by atoms with E-state index in [0.717, 1.165) is 25.2 Å². The van der Waals surface area contributed by atoms with Crippen molar-refractivity contribution in [2.45, 2.75) is 25.1 Å². The summed E-state index contributed by atoms with van der Waals surface area (Å²) >= 11 is 0. The summed E-state index contributed by atoms with van der Waals surface area (Å²) in [4.78, 5) is 0. The second-order valence-electron chi connectivity index (χ2n) is 3.61. The van der Waals surface area contributed by atoms with Crippen LogP contribution in [0.5, 0.6) is 0 Å². The average Bonchev–Trinajstić information content (AvgIpc) is 2.79. The Morgan fingerprint density at radius 1 is 1.43 bits per heavy atom. The lowest BCUT2D eigenvalue weighted by Gasteiger charge is -2.05. The number of hydrogen-bond donors (Lipinski definition) is 1. The predicted molar refractivity (Wildman–Crippen MR) is 43.4 cm³/mol. The van der Waals surface area contributed by atoms with E-state index in [1.165, 1.54) is 0 Å². The molecule has 1 aromatic rings. The SMILES string of the molecule is N[C@H](c1coc(C(F)(F)F)c1)C1CC1. The summed E-state index contributed by atoms with van der Waals surface area (Å²) in [5, 5.41) is 0. The van der Waals surface area contributed by atoms with Gasteiger partial charge in [0.25, 0.3) is 0 Å². The molecule has 0 saturated heterocycles. The molecule has 1 saturated carbocycles. The van der Waals surface area contributed by atoms with Gasteiger partial charge in [0.2, 0.25) is 5.76 Å². The van der Waals surface area contributed by atoms with Crippen LogP contribution in [0.3, 0.4) is 0 Å². The topological polar surface area (TPSA) is 39.2 Å². The summed E-state index contributed by atoms with van der Waals surface area (Å²) in [6.45, 7) is 0. The molecular formula is C9H10F3NO. The van der Waals surface area contributed by atoms with Crippen LogP contribution >= 0.6 is 0 Å². The summed E-state index contributed by atoms with van der Waals surface area (Å²) in [5.74, 6) is -0.641. The molecule has 2 N–H and O–H groups in total. The lowest BCUT2D eigenvalue weighted by molar-refractivity contribution is -0.153. The van der Waals surface area contributed by atoms with Crippen LogP contribution in [0, 0.1) is 5.92 Å². The molecule has 1 fully saturated rings. The Balaban J connectivity index is 2.16. The van der Waals surface area contributed by atoms with Crippen molar-refractivity contribution in [2.24, 2.45) is 11.7 Å². The highest BCUT2D eigenvalue weighted by atomic mass is 19.4. The molecule has 1 heterocycles. The first-order chi connectivity index (χ1) is 6.48. The van der Waals surface area contributed by atoms with Crippen LogP contribution < -0.4 is 5.73 Å². The monoisotopic (exact) mass is 205 g/mol. The standard InChI is InChI=1S/C9H10F3NO/c10-9(11,12)7-3-6(4-14-7)8(13)5-1-2-5/h3-5,8H,1-2,13H2/t8-/m0/s1. The van der Waals surface area contributed by atoms with Gasteiger partial charge in [0, 0.05) is 11.6 Å². The third-order valence-corrected chi connectivity index (χ3v) is 2.41. The second kappa shape index (κ2) is 3.02. The maximum Gasteiger partial charge on any atom is 0.449 e. The Bertz CT molecular complexity index is 327. The normalized spacial score (nSPS) is 19.7. The van der Waals surface area contributed by atoms with Gasteiger partial charge in [0.1, 0.15) is 0 Å². The van der Waals surface area contributed by atoms with Crippen molar-refractivity contribution in [3.8, 4) is 0 Å². The molecule has 2 rings (SSSR count). The van der Waals surface area contributed by atoms with Gasteiger partial charge in [0.05, 0.1) is 6.26 Å². The van der Waals surface area contributed by atoms with E-state index in [1.54, 1.807) is 0 Å². The molecule has 0 aliphatic heterocycles. The molecule has 1 aliphatic rings. The van der Waals surface area contributed by atoms with Gasteiger partial charge < -0.3 is 10.2 Å². The van der Waals surface area contributed by atoms with Gasteiger partial charge >= 0.3 is 6.18 Å². The number of nitrogens with two attached hydrogens (primary N) is 1. The maximum absolute atomic E-state index is 12.1. The summed E-state index contributed by atoms with van der Waals surface area (Å²) in [7, 11) is 0. The smallest absolute Gasteiger partial charge is 0.449 e. The lowest BCUT2D eigenvalue weighted by atomic mass is 10.1. The quantitative estimate of drug-likeness (QED) is 0.806.